The second-order valence-electron chi connectivity index (χ2n) is 5.65. The van der Waals surface area contributed by atoms with E-state index in [1.807, 2.05) is 13.0 Å². The zero-order valence-corrected chi connectivity index (χ0v) is 14.7. The predicted octanol–water partition coefficient (Wildman–Crippen LogP) is 2.05. The molecule has 0 radical (unpaired) electrons. The smallest absolute Gasteiger partial charge is 0.263 e. The molecule has 3 rings (SSSR count). The minimum atomic E-state index is -3.60. The largest absolute Gasteiger partial charge is 0.370 e. The molecule has 0 aliphatic carbocycles. The van der Waals surface area contributed by atoms with Crippen molar-refractivity contribution in [1.82, 2.24) is 10.3 Å². The van der Waals surface area contributed by atoms with Gasteiger partial charge in [-0.15, -0.1) is 11.3 Å². The van der Waals surface area contributed by atoms with Crippen LogP contribution in [-0.2, 0) is 10.0 Å². The topological polar surface area (TPSA) is 74.3 Å². The van der Waals surface area contributed by atoms with Gasteiger partial charge in [0, 0.05) is 36.9 Å². The summed E-state index contributed by atoms with van der Waals surface area (Å²) in [4.78, 5) is 6.44. The summed E-state index contributed by atoms with van der Waals surface area (Å²) < 4.78 is 27.3. The van der Waals surface area contributed by atoms with Gasteiger partial charge in [-0.1, -0.05) is 0 Å². The molecule has 8 heteroatoms. The van der Waals surface area contributed by atoms with Gasteiger partial charge >= 0.3 is 0 Å². The van der Waals surface area contributed by atoms with E-state index in [9.17, 15) is 8.42 Å². The van der Waals surface area contributed by atoms with Crippen molar-refractivity contribution in [3.63, 3.8) is 0 Å². The summed E-state index contributed by atoms with van der Waals surface area (Å²) >= 11 is 1.26. The first-order chi connectivity index (χ1) is 11.0. The molecule has 2 heterocycles. The highest BCUT2D eigenvalue weighted by Crippen LogP contribution is 2.26. The SMILES string of the molecule is Cc1cc(S(=O)(=O)Nc2nccs2)ccc1N(C)[C@H]1CCNC1. The van der Waals surface area contributed by atoms with Crippen molar-refractivity contribution in [2.45, 2.75) is 24.3 Å². The van der Waals surface area contributed by atoms with Gasteiger partial charge in [0.15, 0.2) is 5.13 Å². The fourth-order valence-electron chi connectivity index (χ4n) is 2.81. The van der Waals surface area contributed by atoms with Crippen LogP contribution in [0.3, 0.4) is 0 Å². The molecule has 23 heavy (non-hydrogen) atoms. The van der Waals surface area contributed by atoms with Crippen LogP contribution in [0.15, 0.2) is 34.7 Å². The third-order valence-electron chi connectivity index (χ3n) is 4.09. The van der Waals surface area contributed by atoms with E-state index in [1.165, 1.54) is 11.3 Å². The molecule has 0 spiro atoms. The lowest BCUT2D eigenvalue weighted by Crippen LogP contribution is -2.33. The fraction of sp³-hybridized carbons (Fsp3) is 0.400. The summed E-state index contributed by atoms with van der Waals surface area (Å²) in [5, 5.41) is 5.46. The standard InChI is InChI=1S/C15H20N4O2S2/c1-11-9-13(23(20,21)18-15-17-7-8-22-15)3-4-14(11)19(2)12-5-6-16-10-12/h3-4,7-9,12,16H,5-6,10H2,1-2H3,(H,17,18)/t12-/m0/s1. The first kappa shape index (κ1) is 16.2. The average molecular weight is 352 g/mol. The molecular formula is C15H20N4O2S2. The van der Waals surface area contributed by atoms with Crippen LogP contribution >= 0.6 is 11.3 Å². The molecule has 2 N–H and O–H groups in total. The Labute approximate surface area is 140 Å². The van der Waals surface area contributed by atoms with Gasteiger partial charge in [-0.05, 0) is 43.7 Å². The Hall–Kier alpha value is -1.64. The molecule has 124 valence electrons. The quantitative estimate of drug-likeness (QED) is 0.861. The average Bonchev–Trinajstić information content (AvgIpc) is 3.19. The third-order valence-corrected chi connectivity index (χ3v) is 6.25. The van der Waals surface area contributed by atoms with Crippen LogP contribution in [-0.4, -0.2) is 39.6 Å². The summed E-state index contributed by atoms with van der Waals surface area (Å²) in [7, 11) is -1.54. The monoisotopic (exact) mass is 352 g/mol. The number of benzene rings is 1. The van der Waals surface area contributed by atoms with Crippen molar-refractivity contribution < 1.29 is 8.42 Å². The Morgan fingerprint density at radius 1 is 1.43 bits per heavy atom. The van der Waals surface area contributed by atoms with Gasteiger partial charge in [0.1, 0.15) is 0 Å². The maximum atomic E-state index is 12.4. The van der Waals surface area contributed by atoms with Gasteiger partial charge < -0.3 is 10.2 Å². The Bertz CT molecular complexity index is 769. The van der Waals surface area contributed by atoms with Gasteiger partial charge in [0.25, 0.3) is 10.0 Å². The van der Waals surface area contributed by atoms with E-state index >= 15 is 0 Å². The van der Waals surface area contributed by atoms with Gasteiger partial charge in [-0.3, -0.25) is 4.72 Å². The predicted molar refractivity (Wildman–Crippen MR) is 93.8 cm³/mol. The van der Waals surface area contributed by atoms with Gasteiger partial charge in [0.05, 0.1) is 4.90 Å². The summed E-state index contributed by atoms with van der Waals surface area (Å²) in [5.41, 5.74) is 2.01. The molecule has 0 bridgehead atoms. The molecule has 2 aromatic rings. The minimum absolute atomic E-state index is 0.256. The maximum absolute atomic E-state index is 12.4. The number of anilines is 2. The number of sulfonamides is 1. The second kappa shape index (κ2) is 6.46. The molecule has 0 amide bonds. The fourth-order valence-corrected chi connectivity index (χ4v) is 4.68. The van der Waals surface area contributed by atoms with Gasteiger partial charge in [0.2, 0.25) is 0 Å². The van der Waals surface area contributed by atoms with Crippen molar-refractivity contribution in [3.8, 4) is 0 Å². The van der Waals surface area contributed by atoms with Crippen LogP contribution in [0.1, 0.15) is 12.0 Å². The number of likely N-dealkylation sites (N-methyl/N-ethyl adjacent to an activating group) is 1. The normalized spacial score (nSPS) is 18.1. The summed E-state index contributed by atoms with van der Waals surface area (Å²) in [5.74, 6) is 0. The van der Waals surface area contributed by atoms with Crippen LogP contribution in [0.4, 0.5) is 10.8 Å². The lowest BCUT2D eigenvalue weighted by atomic mass is 10.1. The van der Waals surface area contributed by atoms with E-state index < -0.39 is 10.0 Å². The lowest BCUT2D eigenvalue weighted by Gasteiger charge is -2.27. The lowest BCUT2D eigenvalue weighted by molar-refractivity contribution is 0.601. The Kier molecular flexibility index (Phi) is 4.56. The van der Waals surface area contributed by atoms with E-state index in [-0.39, 0.29) is 4.90 Å². The van der Waals surface area contributed by atoms with Crippen LogP contribution in [0, 0.1) is 6.92 Å². The number of hydrogen-bond acceptors (Lipinski definition) is 6. The van der Waals surface area contributed by atoms with Crippen LogP contribution in [0.25, 0.3) is 0 Å². The summed E-state index contributed by atoms with van der Waals surface area (Å²) in [6.07, 6.45) is 2.67. The first-order valence-electron chi connectivity index (χ1n) is 7.44. The molecule has 6 nitrogen and oxygen atoms in total. The second-order valence-corrected chi connectivity index (χ2v) is 8.23. The van der Waals surface area contributed by atoms with E-state index in [1.54, 1.807) is 23.7 Å². The summed E-state index contributed by atoms with van der Waals surface area (Å²) in [6, 6.07) is 5.69. The van der Waals surface area contributed by atoms with Crippen LogP contribution in [0.2, 0.25) is 0 Å². The number of nitrogens with one attached hydrogen (secondary N) is 2. The molecule has 0 unspecified atom stereocenters. The molecule has 1 aliphatic heterocycles. The Balaban J connectivity index is 1.83. The Morgan fingerprint density at radius 2 is 2.26 bits per heavy atom. The highest BCUT2D eigenvalue weighted by molar-refractivity contribution is 7.93. The summed E-state index contributed by atoms with van der Waals surface area (Å²) in [6.45, 7) is 3.93. The molecule has 0 saturated carbocycles. The van der Waals surface area contributed by atoms with Crippen molar-refractivity contribution in [3.05, 3.63) is 35.3 Å². The van der Waals surface area contributed by atoms with Crippen molar-refractivity contribution >= 4 is 32.2 Å². The number of rotatable bonds is 5. The maximum Gasteiger partial charge on any atom is 0.263 e. The number of hydrogen-bond donors (Lipinski definition) is 2. The van der Waals surface area contributed by atoms with E-state index in [2.05, 4.69) is 27.0 Å². The number of aromatic nitrogens is 1. The Morgan fingerprint density at radius 3 is 2.87 bits per heavy atom. The number of nitrogens with zero attached hydrogens (tertiary/aromatic N) is 2. The van der Waals surface area contributed by atoms with Crippen molar-refractivity contribution in [2.24, 2.45) is 0 Å². The first-order valence-corrected chi connectivity index (χ1v) is 9.80. The van der Waals surface area contributed by atoms with E-state index in [4.69, 9.17) is 0 Å². The van der Waals surface area contributed by atoms with E-state index in [0.29, 0.717) is 11.2 Å². The molecule has 1 aliphatic rings. The zero-order chi connectivity index (χ0) is 16.4. The van der Waals surface area contributed by atoms with Crippen molar-refractivity contribution in [2.75, 3.05) is 29.8 Å². The van der Waals surface area contributed by atoms with E-state index in [0.717, 1.165) is 30.8 Å². The molecule has 1 atom stereocenters. The number of thiazole rings is 1. The molecule has 1 saturated heterocycles. The highest BCUT2D eigenvalue weighted by Gasteiger charge is 2.22. The molecule has 1 aromatic heterocycles. The minimum Gasteiger partial charge on any atom is -0.370 e. The van der Waals surface area contributed by atoms with Gasteiger partial charge in [-0.25, -0.2) is 13.4 Å². The van der Waals surface area contributed by atoms with Crippen LogP contribution in [0.5, 0.6) is 0 Å². The zero-order valence-electron chi connectivity index (χ0n) is 13.1. The third kappa shape index (κ3) is 3.49. The molecule has 1 aromatic carbocycles. The van der Waals surface area contributed by atoms with Gasteiger partial charge in [-0.2, -0.15) is 0 Å². The molecule has 1 fully saturated rings. The highest BCUT2D eigenvalue weighted by atomic mass is 32.2. The molecular weight excluding hydrogens is 332 g/mol. The number of aryl methyl sites for hydroxylation is 1. The van der Waals surface area contributed by atoms with Crippen molar-refractivity contribution in [1.29, 1.82) is 0 Å². The van der Waals surface area contributed by atoms with Crippen LogP contribution < -0.4 is 14.9 Å².